The third kappa shape index (κ3) is 5.11. The van der Waals surface area contributed by atoms with Crippen LogP contribution in [0, 0.1) is 0 Å². The zero-order valence-corrected chi connectivity index (χ0v) is 10.3. The molecule has 0 radical (unpaired) electrons. The predicted molar refractivity (Wildman–Crippen MR) is 61.6 cm³/mol. The van der Waals surface area contributed by atoms with E-state index in [-0.39, 0.29) is 24.4 Å². The monoisotopic (exact) mass is 274 g/mol. The van der Waals surface area contributed by atoms with E-state index in [1.165, 1.54) is 13.0 Å². The molecule has 0 aliphatic rings. The number of hydrogen-bond acceptors (Lipinski definition) is 3. The van der Waals surface area contributed by atoms with Crippen molar-refractivity contribution >= 4 is 11.8 Å². The molecule has 0 bridgehead atoms. The molecule has 1 aromatic rings. The number of esters is 1. The molecule has 0 fully saturated rings. The van der Waals surface area contributed by atoms with Crippen LogP contribution in [-0.2, 0) is 15.7 Å². The normalized spacial score (nSPS) is 11.2. The third-order valence-electron chi connectivity index (χ3n) is 2.33. The van der Waals surface area contributed by atoms with Gasteiger partial charge in [0, 0.05) is 6.42 Å². The van der Waals surface area contributed by atoms with Gasteiger partial charge in [-0.15, -0.1) is 0 Å². The van der Waals surface area contributed by atoms with Gasteiger partial charge in [0.15, 0.2) is 0 Å². The molecular formula is C13H13F3O3. The number of carbonyl (C=O) groups is 2. The largest absolute Gasteiger partial charge is 0.462 e. The van der Waals surface area contributed by atoms with E-state index in [4.69, 9.17) is 4.74 Å². The van der Waals surface area contributed by atoms with Gasteiger partial charge in [-0.3, -0.25) is 0 Å². The number of hydrogen-bond donors (Lipinski definition) is 0. The van der Waals surface area contributed by atoms with Gasteiger partial charge in [-0.2, -0.15) is 13.2 Å². The molecule has 19 heavy (non-hydrogen) atoms. The maximum Gasteiger partial charge on any atom is 0.416 e. The molecule has 1 rings (SSSR count). The quantitative estimate of drug-likeness (QED) is 0.611. The maximum absolute atomic E-state index is 12.4. The Labute approximate surface area is 108 Å². The number of alkyl halides is 3. The summed E-state index contributed by atoms with van der Waals surface area (Å²) in [4.78, 5) is 22.1. The van der Waals surface area contributed by atoms with Gasteiger partial charge >= 0.3 is 12.1 Å². The summed E-state index contributed by atoms with van der Waals surface area (Å²) in [6.07, 6.45) is -3.86. The van der Waals surface area contributed by atoms with Crippen LogP contribution in [0.15, 0.2) is 24.3 Å². The van der Waals surface area contributed by atoms with Gasteiger partial charge in [-0.1, -0.05) is 6.07 Å². The van der Waals surface area contributed by atoms with E-state index in [1.807, 2.05) is 0 Å². The highest BCUT2D eigenvalue weighted by atomic mass is 19.4. The zero-order chi connectivity index (χ0) is 14.5. The van der Waals surface area contributed by atoms with Gasteiger partial charge < -0.3 is 9.53 Å². The van der Waals surface area contributed by atoms with Crippen molar-refractivity contribution in [2.75, 3.05) is 6.61 Å². The topological polar surface area (TPSA) is 43.4 Å². The van der Waals surface area contributed by atoms with E-state index in [0.717, 1.165) is 18.2 Å². The summed E-state index contributed by atoms with van der Waals surface area (Å²) in [7, 11) is 0. The lowest BCUT2D eigenvalue weighted by Gasteiger charge is -2.08. The molecule has 0 amide bonds. The van der Waals surface area contributed by atoms with Gasteiger partial charge in [0.2, 0.25) is 0 Å². The number of Topliss-reactive ketones (excluding diaryl/α,β-unsaturated/α-hetero) is 1. The van der Waals surface area contributed by atoms with Crippen LogP contribution < -0.4 is 0 Å². The van der Waals surface area contributed by atoms with Crippen molar-refractivity contribution in [2.24, 2.45) is 0 Å². The second-order valence-corrected chi connectivity index (χ2v) is 4.02. The molecule has 0 saturated carbocycles. The molecule has 0 saturated heterocycles. The van der Waals surface area contributed by atoms with Gasteiger partial charge in [0.1, 0.15) is 5.78 Å². The van der Waals surface area contributed by atoms with Crippen LogP contribution in [0.1, 0.15) is 35.7 Å². The second-order valence-electron chi connectivity index (χ2n) is 4.02. The van der Waals surface area contributed by atoms with Crippen LogP contribution in [0.4, 0.5) is 13.2 Å². The van der Waals surface area contributed by atoms with E-state index < -0.39 is 17.7 Å². The van der Waals surface area contributed by atoms with Crippen molar-refractivity contribution in [1.29, 1.82) is 0 Å². The molecule has 0 spiro atoms. The van der Waals surface area contributed by atoms with Crippen LogP contribution in [-0.4, -0.2) is 18.4 Å². The average molecular weight is 274 g/mol. The standard InChI is InChI=1S/C13H13F3O3/c1-9(17)4-3-7-19-12(18)10-5-2-6-11(8-10)13(14,15)16/h2,5-6,8H,3-4,7H2,1H3. The van der Waals surface area contributed by atoms with Crippen LogP contribution in [0.5, 0.6) is 0 Å². The van der Waals surface area contributed by atoms with Crippen molar-refractivity contribution < 1.29 is 27.5 Å². The zero-order valence-electron chi connectivity index (χ0n) is 10.3. The van der Waals surface area contributed by atoms with Crippen molar-refractivity contribution in [3.8, 4) is 0 Å². The summed E-state index contributed by atoms with van der Waals surface area (Å²) in [5, 5.41) is 0. The lowest BCUT2D eigenvalue weighted by molar-refractivity contribution is -0.137. The molecular weight excluding hydrogens is 261 g/mol. The Morgan fingerprint density at radius 3 is 2.53 bits per heavy atom. The van der Waals surface area contributed by atoms with Gasteiger partial charge in [0.05, 0.1) is 17.7 Å². The summed E-state index contributed by atoms with van der Waals surface area (Å²) in [6, 6.07) is 4.03. The average Bonchev–Trinajstić information content (AvgIpc) is 2.33. The number of halogens is 3. The smallest absolute Gasteiger partial charge is 0.416 e. The number of ether oxygens (including phenoxy) is 1. The molecule has 0 N–H and O–H groups in total. The molecule has 0 aliphatic heterocycles. The van der Waals surface area contributed by atoms with Crippen molar-refractivity contribution in [2.45, 2.75) is 25.9 Å². The minimum absolute atomic E-state index is 0.00859. The molecule has 0 heterocycles. The van der Waals surface area contributed by atoms with Crippen molar-refractivity contribution in [3.63, 3.8) is 0 Å². The lowest BCUT2D eigenvalue weighted by atomic mass is 10.1. The van der Waals surface area contributed by atoms with Gasteiger partial charge in [-0.25, -0.2) is 4.79 Å². The van der Waals surface area contributed by atoms with E-state index in [9.17, 15) is 22.8 Å². The Bertz CT molecular complexity index is 466. The van der Waals surface area contributed by atoms with Gasteiger partial charge in [-0.05, 0) is 31.5 Å². The molecule has 3 nitrogen and oxygen atoms in total. The maximum atomic E-state index is 12.4. The number of benzene rings is 1. The molecule has 1 aromatic carbocycles. The van der Waals surface area contributed by atoms with Crippen molar-refractivity contribution in [3.05, 3.63) is 35.4 Å². The highest BCUT2D eigenvalue weighted by molar-refractivity contribution is 5.89. The predicted octanol–water partition coefficient (Wildman–Crippen LogP) is 3.23. The molecule has 104 valence electrons. The van der Waals surface area contributed by atoms with Crippen LogP contribution in [0.2, 0.25) is 0 Å². The Morgan fingerprint density at radius 1 is 1.26 bits per heavy atom. The number of rotatable bonds is 5. The Hall–Kier alpha value is -1.85. The molecule has 6 heteroatoms. The van der Waals surface area contributed by atoms with E-state index in [0.29, 0.717) is 6.42 Å². The van der Waals surface area contributed by atoms with Crippen LogP contribution >= 0.6 is 0 Å². The number of ketones is 1. The van der Waals surface area contributed by atoms with E-state index >= 15 is 0 Å². The molecule has 0 aromatic heterocycles. The van der Waals surface area contributed by atoms with Crippen molar-refractivity contribution in [1.82, 2.24) is 0 Å². The fraction of sp³-hybridized carbons (Fsp3) is 0.385. The third-order valence-corrected chi connectivity index (χ3v) is 2.33. The molecule has 0 aliphatic carbocycles. The summed E-state index contributed by atoms with van der Waals surface area (Å²) < 4.78 is 42.1. The Kier molecular flexibility index (Phi) is 5.09. The molecule has 0 unspecified atom stereocenters. The first-order chi connectivity index (χ1) is 8.80. The van der Waals surface area contributed by atoms with Crippen LogP contribution in [0.3, 0.4) is 0 Å². The highest BCUT2D eigenvalue weighted by Crippen LogP contribution is 2.29. The summed E-state index contributed by atoms with van der Waals surface area (Å²) >= 11 is 0. The molecule has 0 atom stereocenters. The highest BCUT2D eigenvalue weighted by Gasteiger charge is 2.31. The fourth-order valence-electron chi connectivity index (χ4n) is 1.39. The summed E-state index contributed by atoms with van der Waals surface area (Å²) in [5.41, 5.74) is -1.05. The lowest BCUT2D eigenvalue weighted by Crippen LogP contribution is -2.10. The van der Waals surface area contributed by atoms with E-state index in [2.05, 4.69) is 0 Å². The second kappa shape index (κ2) is 6.36. The summed E-state index contributed by atoms with van der Waals surface area (Å²) in [6.45, 7) is 1.42. The minimum atomic E-state index is -4.50. The summed E-state index contributed by atoms with van der Waals surface area (Å²) in [5.74, 6) is -0.857. The first-order valence-electron chi connectivity index (χ1n) is 5.64. The Balaban J connectivity index is 2.60. The van der Waals surface area contributed by atoms with Gasteiger partial charge in [0.25, 0.3) is 0 Å². The first kappa shape index (κ1) is 15.2. The van der Waals surface area contributed by atoms with E-state index in [1.54, 1.807) is 0 Å². The fourth-order valence-corrected chi connectivity index (χ4v) is 1.39. The first-order valence-corrected chi connectivity index (χ1v) is 5.64. The number of carbonyl (C=O) groups excluding carboxylic acids is 2. The van der Waals surface area contributed by atoms with Crippen LogP contribution in [0.25, 0.3) is 0 Å². The Morgan fingerprint density at radius 2 is 1.95 bits per heavy atom. The SMILES string of the molecule is CC(=O)CCCOC(=O)c1cccc(C(F)(F)F)c1. The minimum Gasteiger partial charge on any atom is -0.462 e.